The summed E-state index contributed by atoms with van der Waals surface area (Å²) in [4.78, 5) is 2.66. The summed E-state index contributed by atoms with van der Waals surface area (Å²) < 4.78 is 12.5. The molecule has 0 N–H and O–H groups in total. The van der Waals surface area contributed by atoms with Gasteiger partial charge in [-0.1, -0.05) is 150 Å². The smallest absolute Gasteiger partial charge is 0.157 e. The summed E-state index contributed by atoms with van der Waals surface area (Å²) >= 11 is 0. The van der Waals surface area contributed by atoms with E-state index in [0.29, 0.717) is 0 Å². The van der Waals surface area contributed by atoms with Crippen LogP contribution >= 0.6 is 0 Å². The summed E-state index contributed by atoms with van der Waals surface area (Å²) in [5, 5.41) is 0. The maximum absolute atomic E-state index is 6.24. The van der Waals surface area contributed by atoms with Crippen molar-refractivity contribution in [1.82, 2.24) is 4.90 Å². The van der Waals surface area contributed by atoms with Crippen LogP contribution in [0.15, 0.2) is 0 Å². The fraction of sp³-hybridized carbons (Fsp3) is 1.00. The molecular weight excluding hydrogens is 466 g/mol. The van der Waals surface area contributed by atoms with Crippen molar-refractivity contribution in [3.05, 3.63) is 0 Å². The minimum absolute atomic E-state index is 0.0264. The van der Waals surface area contributed by atoms with Crippen LogP contribution in [0.4, 0.5) is 0 Å². The van der Waals surface area contributed by atoms with Crippen LogP contribution in [0.5, 0.6) is 0 Å². The predicted octanol–water partition coefficient (Wildman–Crippen LogP) is 11.5. The van der Waals surface area contributed by atoms with Crippen molar-refractivity contribution < 1.29 is 9.47 Å². The molecule has 0 bridgehead atoms. The van der Waals surface area contributed by atoms with Gasteiger partial charge in [0.1, 0.15) is 0 Å². The standard InChI is InChI=1S/C35H73NO2/c1-5-9-12-15-17-23-28-33-37-35(38-34-29-24-18-16-13-10-6-2)30-25-20-19-22-27-32-36(8-4)31-26-21-14-11-7-3/h35H,5-34H2,1-4H3. The third kappa shape index (κ3) is 28.9. The Morgan fingerprint density at radius 2 is 0.737 bits per heavy atom. The molecule has 0 unspecified atom stereocenters. The summed E-state index contributed by atoms with van der Waals surface area (Å²) in [5.41, 5.74) is 0. The Bertz CT molecular complexity index is 397. The maximum atomic E-state index is 6.24. The number of nitrogens with zero attached hydrogens (tertiary/aromatic N) is 1. The quantitative estimate of drug-likeness (QED) is 0.0611. The molecule has 0 saturated carbocycles. The Kier molecular flexibility index (Phi) is 33.0. The SMILES string of the molecule is CCCCCCCCCOC(CCCCCCCN(CC)CCCCCCC)OCCCCCCCCC. The normalized spacial score (nSPS) is 11.8. The van der Waals surface area contributed by atoms with Gasteiger partial charge in [0.25, 0.3) is 0 Å². The minimum Gasteiger partial charge on any atom is -0.353 e. The zero-order valence-electron chi connectivity index (χ0n) is 27.1. The summed E-state index contributed by atoms with van der Waals surface area (Å²) in [6.45, 7) is 14.8. The van der Waals surface area contributed by atoms with Gasteiger partial charge in [-0.15, -0.1) is 0 Å². The van der Waals surface area contributed by atoms with E-state index in [2.05, 4.69) is 32.6 Å². The summed E-state index contributed by atoms with van der Waals surface area (Å²) in [7, 11) is 0. The molecule has 0 aliphatic rings. The Balaban J connectivity index is 3.97. The molecule has 0 saturated heterocycles. The number of ether oxygens (including phenoxy) is 2. The van der Waals surface area contributed by atoms with Crippen LogP contribution < -0.4 is 0 Å². The summed E-state index contributed by atoms with van der Waals surface area (Å²) in [5.74, 6) is 0. The number of unbranched alkanes of at least 4 members (excludes halogenated alkanes) is 20. The number of hydrogen-bond donors (Lipinski definition) is 0. The topological polar surface area (TPSA) is 21.7 Å². The Labute approximate surface area is 241 Å². The highest BCUT2D eigenvalue weighted by atomic mass is 16.7. The highest BCUT2D eigenvalue weighted by Gasteiger charge is 2.10. The molecule has 0 spiro atoms. The van der Waals surface area contributed by atoms with Crippen LogP contribution in [-0.4, -0.2) is 44.0 Å². The van der Waals surface area contributed by atoms with Crippen molar-refractivity contribution in [2.45, 2.75) is 195 Å². The van der Waals surface area contributed by atoms with Crippen molar-refractivity contribution in [1.29, 1.82) is 0 Å². The number of rotatable bonds is 33. The van der Waals surface area contributed by atoms with Crippen molar-refractivity contribution >= 4 is 0 Å². The second kappa shape index (κ2) is 33.1. The van der Waals surface area contributed by atoms with E-state index in [1.165, 1.54) is 174 Å². The average Bonchev–Trinajstić information content (AvgIpc) is 2.93. The highest BCUT2D eigenvalue weighted by Crippen LogP contribution is 2.15. The lowest BCUT2D eigenvalue weighted by molar-refractivity contribution is -0.148. The van der Waals surface area contributed by atoms with Crippen LogP contribution in [0.1, 0.15) is 188 Å². The molecule has 0 amide bonds. The average molecular weight is 540 g/mol. The second-order valence-electron chi connectivity index (χ2n) is 11.8. The molecule has 0 aliphatic carbocycles. The van der Waals surface area contributed by atoms with Gasteiger partial charge in [-0.2, -0.15) is 0 Å². The molecule has 0 aromatic heterocycles. The van der Waals surface area contributed by atoms with E-state index < -0.39 is 0 Å². The predicted molar refractivity (Wildman–Crippen MR) is 170 cm³/mol. The zero-order valence-corrected chi connectivity index (χ0v) is 27.1. The minimum atomic E-state index is 0.0264. The molecule has 38 heavy (non-hydrogen) atoms. The van der Waals surface area contributed by atoms with Gasteiger partial charge in [0.2, 0.25) is 0 Å². The van der Waals surface area contributed by atoms with Gasteiger partial charge in [-0.3, -0.25) is 0 Å². The monoisotopic (exact) mass is 540 g/mol. The molecule has 3 nitrogen and oxygen atoms in total. The van der Waals surface area contributed by atoms with E-state index >= 15 is 0 Å². The van der Waals surface area contributed by atoms with Gasteiger partial charge < -0.3 is 14.4 Å². The number of hydrogen-bond acceptors (Lipinski definition) is 3. The first-order valence-corrected chi connectivity index (χ1v) is 17.7. The molecule has 0 aromatic carbocycles. The van der Waals surface area contributed by atoms with Crippen molar-refractivity contribution in [2.75, 3.05) is 32.8 Å². The molecule has 0 fully saturated rings. The fourth-order valence-corrected chi connectivity index (χ4v) is 5.31. The van der Waals surface area contributed by atoms with Crippen LogP contribution in [0.3, 0.4) is 0 Å². The van der Waals surface area contributed by atoms with Crippen LogP contribution in [-0.2, 0) is 9.47 Å². The van der Waals surface area contributed by atoms with Gasteiger partial charge in [0.05, 0.1) is 0 Å². The molecule has 0 aliphatic heterocycles. The van der Waals surface area contributed by atoms with E-state index in [1.54, 1.807) is 0 Å². The second-order valence-corrected chi connectivity index (χ2v) is 11.8. The van der Waals surface area contributed by atoms with Crippen LogP contribution in [0.2, 0.25) is 0 Å². The van der Waals surface area contributed by atoms with Crippen molar-refractivity contribution in [3.8, 4) is 0 Å². The molecule has 0 radical (unpaired) electrons. The zero-order chi connectivity index (χ0) is 27.8. The third-order valence-corrected chi connectivity index (χ3v) is 8.04. The molecule has 230 valence electrons. The van der Waals surface area contributed by atoms with E-state index in [1.807, 2.05) is 0 Å². The fourth-order valence-electron chi connectivity index (χ4n) is 5.31. The molecule has 0 rings (SSSR count). The lowest BCUT2D eigenvalue weighted by Crippen LogP contribution is -2.25. The van der Waals surface area contributed by atoms with E-state index in [0.717, 1.165) is 19.6 Å². The third-order valence-electron chi connectivity index (χ3n) is 8.04. The van der Waals surface area contributed by atoms with Crippen LogP contribution in [0.25, 0.3) is 0 Å². The summed E-state index contributed by atoms with van der Waals surface area (Å²) in [6.07, 6.45) is 33.4. The van der Waals surface area contributed by atoms with Gasteiger partial charge in [0, 0.05) is 13.2 Å². The van der Waals surface area contributed by atoms with Crippen molar-refractivity contribution in [3.63, 3.8) is 0 Å². The Morgan fingerprint density at radius 1 is 0.395 bits per heavy atom. The lowest BCUT2D eigenvalue weighted by Gasteiger charge is -2.20. The van der Waals surface area contributed by atoms with Gasteiger partial charge in [0.15, 0.2) is 6.29 Å². The van der Waals surface area contributed by atoms with Crippen molar-refractivity contribution in [2.24, 2.45) is 0 Å². The van der Waals surface area contributed by atoms with E-state index in [-0.39, 0.29) is 6.29 Å². The largest absolute Gasteiger partial charge is 0.353 e. The Hall–Kier alpha value is -0.120. The van der Waals surface area contributed by atoms with Crippen LogP contribution in [0, 0.1) is 0 Å². The van der Waals surface area contributed by atoms with Gasteiger partial charge >= 0.3 is 0 Å². The van der Waals surface area contributed by atoms with Gasteiger partial charge in [-0.05, 0) is 58.2 Å². The van der Waals surface area contributed by atoms with E-state index in [9.17, 15) is 0 Å². The summed E-state index contributed by atoms with van der Waals surface area (Å²) in [6, 6.07) is 0. The lowest BCUT2D eigenvalue weighted by atomic mass is 10.1. The first kappa shape index (κ1) is 37.9. The maximum Gasteiger partial charge on any atom is 0.157 e. The molecule has 0 heterocycles. The molecule has 0 atom stereocenters. The molecule has 0 aromatic rings. The first-order chi connectivity index (χ1) is 18.8. The first-order valence-electron chi connectivity index (χ1n) is 17.7. The van der Waals surface area contributed by atoms with E-state index in [4.69, 9.17) is 9.47 Å². The Morgan fingerprint density at radius 3 is 1.13 bits per heavy atom. The highest BCUT2D eigenvalue weighted by molar-refractivity contribution is 4.58. The molecular formula is C35H73NO2. The van der Waals surface area contributed by atoms with Gasteiger partial charge in [-0.25, -0.2) is 0 Å². The molecule has 3 heteroatoms.